The number of benzene rings is 1. The predicted octanol–water partition coefficient (Wildman–Crippen LogP) is 1.76. The Morgan fingerprint density at radius 3 is 2.89 bits per heavy atom. The summed E-state index contributed by atoms with van der Waals surface area (Å²) >= 11 is 0. The summed E-state index contributed by atoms with van der Waals surface area (Å²) in [5.74, 6) is 1.88. The summed E-state index contributed by atoms with van der Waals surface area (Å²) in [6, 6.07) is 8.86. The Morgan fingerprint density at radius 2 is 2.16 bits per heavy atom. The van der Waals surface area contributed by atoms with Crippen molar-refractivity contribution < 1.29 is 18.8 Å². The number of hydrogen-bond acceptors (Lipinski definition) is 5. The summed E-state index contributed by atoms with van der Waals surface area (Å²) in [5, 5.41) is 6.31. The molecule has 0 saturated heterocycles. The van der Waals surface area contributed by atoms with Crippen LogP contribution in [-0.4, -0.2) is 23.8 Å². The standard InChI is InChI=1S/C13H12N2O4/c1-8-6-12(15-19-8)14-13(16)11-7-17-9-4-2-3-5-10(9)18-11/h2-6,11H,7H2,1H3,(H,14,15,16)/t11-/m1/s1. The molecule has 0 unspecified atom stereocenters. The molecule has 0 aliphatic carbocycles. The maximum Gasteiger partial charge on any atom is 0.270 e. The van der Waals surface area contributed by atoms with Gasteiger partial charge >= 0.3 is 0 Å². The molecule has 1 amide bonds. The lowest BCUT2D eigenvalue weighted by Gasteiger charge is -2.25. The summed E-state index contributed by atoms with van der Waals surface area (Å²) in [5.41, 5.74) is 0. The fourth-order valence-electron chi connectivity index (χ4n) is 1.78. The van der Waals surface area contributed by atoms with Gasteiger partial charge in [0.15, 0.2) is 17.3 Å². The quantitative estimate of drug-likeness (QED) is 0.890. The summed E-state index contributed by atoms with van der Waals surface area (Å²) in [4.78, 5) is 12.0. The number of rotatable bonds is 2. The average Bonchev–Trinajstić information content (AvgIpc) is 2.83. The van der Waals surface area contributed by atoms with Crippen molar-refractivity contribution >= 4 is 11.7 Å². The Bertz CT molecular complexity index is 608. The average molecular weight is 260 g/mol. The van der Waals surface area contributed by atoms with Crippen LogP contribution >= 0.6 is 0 Å². The molecule has 1 atom stereocenters. The molecule has 1 aliphatic rings. The minimum absolute atomic E-state index is 0.166. The van der Waals surface area contributed by atoms with Crippen LogP contribution in [0.3, 0.4) is 0 Å². The Labute approximate surface area is 109 Å². The maximum atomic E-state index is 12.0. The highest BCUT2D eigenvalue weighted by Crippen LogP contribution is 2.31. The SMILES string of the molecule is Cc1cc(NC(=O)[C@H]2COc3ccccc3O2)no1. The molecule has 0 spiro atoms. The van der Waals surface area contributed by atoms with Gasteiger partial charge in [-0.05, 0) is 19.1 Å². The van der Waals surface area contributed by atoms with E-state index >= 15 is 0 Å². The largest absolute Gasteiger partial charge is 0.485 e. The number of nitrogens with one attached hydrogen (secondary N) is 1. The summed E-state index contributed by atoms with van der Waals surface area (Å²) < 4.78 is 15.9. The minimum Gasteiger partial charge on any atom is -0.485 e. The number of hydrogen-bond donors (Lipinski definition) is 1. The highest BCUT2D eigenvalue weighted by atomic mass is 16.6. The van der Waals surface area contributed by atoms with E-state index in [2.05, 4.69) is 10.5 Å². The van der Waals surface area contributed by atoms with Crippen LogP contribution in [0, 0.1) is 6.92 Å². The Balaban J connectivity index is 1.69. The summed E-state index contributed by atoms with van der Waals surface area (Å²) in [6.07, 6.45) is -0.702. The van der Waals surface area contributed by atoms with Gasteiger partial charge in [-0.25, -0.2) is 0 Å². The van der Waals surface area contributed by atoms with E-state index in [4.69, 9.17) is 14.0 Å². The Kier molecular flexibility index (Phi) is 2.83. The van der Waals surface area contributed by atoms with Crippen molar-refractivity contribution in [2.75, 3.05) is 11.9 Å². The normalized spacial score (nSPS) is 17.0. The highest BCUT2D eigenvalue weighted by Gasteiger charge is 2.27. The van der Waals surface area contributed by atoms with Crippen LogP contribution in [0.4, 0.5) is 5.82 Å². The van der Waals surface area contributed by atoms with Crippen molar-refractivity contribution in [3.05, 3.63) is 36.1 Å². The molecule has 2 aromatic rings. The number of ether oxygens (including phenoxy) is 2. The summed E-state index contributed by atoms with van der Waals surface area (Å²) in [6.45, 7) is 1.92. The first-order chi connectivity index (χ1) is 9.22. The third-order valence-electron chi connectivity index (χ3n) is 2.68. The lowest BCUT2D eigenvalue weighted by atomic mass is 10.2. The number of fused-ring (bicyclic) bond motifs is 1. The molecular formula is C13H12N2O4. The van der Waals surface area contributed by atoms with Gasteiger partial charge in [-0.1, -0.05) is 17.3 Å². The zero-order valence-electron chi connectivity index (χ0n) is 10.3. The van der Waals surface area contributed by atoms with E-state index in [1.54, 1.807) is 25.1 Å². The van der Waals surface area contributed by atoms with Gasteiger partial charge in [0.2, 0.25) is 6.10 Å². The molecule has 1 aliphatic heterocycles. The molecule has 98 valence electrons. The zero-order valence-corrected chi connectivity index (χ0v) is 10.3. The fourth-order valence-corrected chi connectivity index (χ4v) is 1.78. The van der Waals surface area contributed by atoms with Gasteiger partial charge in [0.05, 0.1) is 0 Å². The van der Waals surface area contributed by atoms with Gasteiger partial charge < -0.3 is 19.3 Å². The number of nitrogens with zero attached hydrogens (tertiary/aromatic N) is 1. The van der Waals surface area contributed by atoms with Crippen molar-refractivity contribution in [2.45, 2.75) is 13.0 Å². The lowest BCUT2D eigenvalue weighted by molar-refractivity contribution is -0.125. The lowest BCUT2D eigenvalue weighted by Crippen LogP contribution is -2.40. The van der Waals surface area contributed by atoms with E-state index in [9.17, 15) is 4.79 Å². The van der Waals surface area contributed by atoms with Crippen LogP contribution in [0.2, 0.25) is 0 Å². The number of aromatic nitrogens is 1. The number of aryl methyl sites for hydroxylation is 1. The second-order valence-corrected chi connectivity index (χ2v) is 4.18. The minimum atomic E-state index is -0.702. The first-order valence-electron chi connectivity index (χ1n) is 5.85. The molecule has 1 aromatic heterocycles. The van der Waals surface area contributed by atoms with Gasteiger partial charge in [0.25, 0.3) is 5.91 Å². The third kappa shape index (κ3) is 2.37. The van der Waals surface area contributed by atoms with Gasteiger partial charge in [-0.2, -0.15) is 0 Å². The number of para-hydroxylation sites is 2. The maximum absolute atomic E-state index is 12.0. The molecule has 19 heavy (non-hydrogen) atoms. The van der Waals surface area contributed by atoms with E-state index in [-0.39, 0.29) is 12.5 Å². The van der Waals surface area contributed by atoms with Crippen LogP contribution < -0.4 is 14.8 Å². The van der Waals surface area contributed by atoms with Gasteiger partial charge in [0, 0.05) is 6.07 Å². The van der Waals surface area contributed by atoms with Gasteiger partial charge in [-0.3, -0.25) is 4.79 Å². The second kappa shape index (κ2) is 4.64. The Morgan fingerprint density at radius 1 is 1.37 bits per heavy atom. The molecule has 6 heteroatoms. The molecule has 0 radical (unpaired) electrons. The van der Waals surface area contributed by atoms with E-state index in [0.717, 1.165) is 0 Å². The van der Waals surface area contributed by atoms with Crippen molar-refractivity contribution in [2.24, 2.45) is 0 Å². The van der Waals surface area contributed by atoms with Crippen molar-refractivity contribution in [1.82, 2.24) is 5.16 Å². The van der Waals surface area contributed by atoms with Crippen LogP contribution in [0.5, 0.6) is 11.5 Å². The van der Waals surface area contributed by atoms with Crippen LogP contribution in [0.1, 0.15) is 5.76 Å². The summed E-state index contributed by atoms with van der Waals surface area (Å²) in [7, 11) is 0. The number of anilines is 1. The first kappa shape index (κ1) is 11.6. The molecule has 3 rings (SSSR count). The van der Waals surface area contributed by atoms with Crippen LogP contribution in [0.25, 0.3) is 0 Å². The molecule has 0 bridgehead atoms. The molecule has 6 nitrogen and oxygen atoms in total. The van der Waals surface area contributed by atoms with E-state index in [1.807, 2.05) is 12.1 Å². The van der Waals surface area contributed by atoms with Gasteiger partial charge in [0.1, 0.15) is 12.4 Å². The van der Waals surface area contributed by atoms with E-state index < -0.39 is 6.10 Å². The number of carbonyl (C=O) groups excluding carboxylic acids is 1. The van der Waals surface area contributed by atoms with Crippen molar-refractivity contribution in [3.63, 3.8) is 0 Å². The molecule has 0 saturated carbocycles. The molecule has 1 aromatic carbocycles. The topological polar surface area (TPSA) is 73.6 Å². The first-order valence-corrected chi connectivity index (χ1v) is 5.85. The zero-order chi connectivity index (χ0) is 13.2. The number of carbonyl (C=O) groups is 1. The predicted molar refractivity (Wildman–Crippen MR) is 66.2 cm³/mol. The van der Waals surface area contributed by atoms with Crippen molar-refractivity contribution in [1.29, 1.82) is 0 Å². The molecule has 1 N–H and O–H groups in total. The fraction of sp³-hybridized carbons (Fsp3) is 0.231. The monoisotopic (exact) mass is 260 g/mol. The van der Waals surface area contributed by atoms with E-state index in [0.29, 0.717) is 23.1 Å². The van der Waals surface area contributed by atoms with Crippen molar-refractivity contribution in [3.8, 4) is 11.5 Å². The smallest absolute Gasteiger partial charge is 0.270 e. The third-order valence-corrected chi connectivity index (χ3v) is 2.68. The van der Waals surface area contributed by atoms with E-state index in [1.165, 1.54) is 0 Å². The number of amides is 1. The molecule has 2 heterocycles. The molecular weight excluding hydrogens is 248 g/mol. The second-order valence-electron chi connectivity index (χ2n) is 4.18. The highest BCUT2D eigenvalue weighted by molar-refractivity contribution is 5.93. The van der Waals surface area contributed by atoms with Crippen LogP contribution in [-0.2, 0) is 4.79 Å². The molecule has 0 fully saturated rings. The Hall–Kier alpha value is -2.50. The van der Waals surface area contributed by atoms with Gasteiger partial charge in [-0.15, -0.1) is 0 Å². The van der Waals surface area contributed by atoms with Crippen LogP contribution in [0.15, 0.2) is 34.9 Å².